The highest BCUT2D eigenvalue weighted by Crippen LogP contribution is 2.29. The van der Waals surface area contributed by atoms with Gasteiger partial charge in [0.05, 0.1) is 12.8 Å². The van der Waals surface area contributed by atoms with Crippen LogP contribution in [-0.2, 0) is 9.59 Å². The van der Waals surface area contributed by atoms with Crippen LogP contribution in [0.4, 0.5) is 5.69 Å². The van der Waals surface area contributed by atoms with Gasteiger partial charge in [0.25, 0.3) is 11.8 Å². The van der Waals surface area contributed by atoms with E-state index in [0.717, 1.165) is 22.4 Å². The minimum atomic E-state index is -0.563. The molecule has 144 valence electrons. The number of amides is 2. The minimum absolute atomic E-state index is 0.0342. The van der Waals surface area contributed by atoms with Crippen molar-refractivity contribution in [1.82, 2.24) is 5.32 Å². The van der Waals surface area contributed by atoms with Crippen LogP contribution >= 0.6 is 35.4 Å². The van der Waals surface area contributed by atoms with Gasteiger partial charge in [-0.1, -0.05) is 23.2 Å². The second-order valence-corrected chi connectivity index (χ2v) is 7.52. The molecule has 0 aliphatic carbocycles. The standard InChI is InChI=1S/C20H16Cl2N2O3S/c1-10-5-17(27-3)11(2)4-12(10)6-16-18(25)23-20(28)24(19(16)26)15-8-13(21)7-14(22)9-15/h4-9H,1-3H3,(H,23,25,28)/b16-6+. The molecule has 3 rings (SSSR count). The van der Waals surface area contributed by atoms with Gasteiger partial charge in [-0.05, 0) is 79.2 Å². The number of ether oxygens (including phenoxy) is 1. The normalized spacial score (nSPS) is 15.8. The molecular formula is C20H16Cl2N2O3S. The van der Waals surface area contributed by atoms with Crippen LogP contribution in [0.15, 0.2) is 35.9 Å². The summed E-state index contributed by atoms with van der Waals surface area (Å²) in [4.78, 5) is 26.8. The number of nitrogens with zero attached hydrogens (tertiary/aromatic N) is 1. The monoisotopic (exact) mass is 434 g/mol. The van der Waals surface area contributed by atoms with Crippen LogP contribution in [0.3, 0.4) is 0 Å². The van der Waals surface area contributed by atoms with E-state index in [-0.39, 0.29) is 10.7 Å². The summed E-state index contributed by atoms with van der Waals surface area (Å²) >= 11 is 17.3. The van der Waals surface area contributed by atoms with Gasteiger partial charge in [-0.3, -0.25) is 19.8 Å². The van der Waals surface area contributed by atoms with Crippen LogP contribution in [0.2, 0.25) is 10.0 Å². The quantitative estimate of drug-likeness (QED) is 0.440. The Hall–Kier alpha value is -2.41. The van der Waals surface area contributed by atoms with E-state index in [0.29, 0.717) is 15.7 Å². The van der Waals surface area contributed by atoms with Gasteiger partial charge in [-0.25, -0.2) is 0 Å². The third kappa shape index (κ3) is 3.90. The van der Waals surface area contributed by atoms with Crippen molar-refractivity contribution in [2.24, 2.45) is 0 Å². The number of anilines is 1. The molecule has 2 aromatic rings. The lowest BCUT2D eigenvalue weighted by Crippen LogP contribution is -2.54. The van der Waals surface area contributed by atoms with Crippen LogP contribution in [0.1, 0.15) is 16.7 Å². The Labute approximate surface area is 177 Å². The second kappa shape index (κ2) is 7.91. The van der Waals surface area contributed by atoms with E-state index in [1.165, 1.54) is 4.90 Å². The molecule has 2 aromatic carbocycles. The topological polar surface area (TPSA) is 58.6 Å². The van der Waals surface area contributed by atoms with Crippen LogP contribution < -0.4 is 15.0 Å². The molecule has 0 aromatic heterocycles. The molecule has 8 heteroatoms. The predicted molar refractivity (Wildman–Crippen MR) is 115 cm³/mol. The number of carbonyl (C=O) groups is 2. The van der Waals surface area contributed by atoms with Crippen molar-refractivity contribution in [2.75, 3.05) is 12.0 Å². The average Bonchev–Trinajstić information content (AvgIpc) is 2.60. The maximum Gasteiger partial charge on any atom is 0.270 e. The third-order valence-electron chi connectivity index (χ3n) is 4.29. The largest absolute Gasteiger partial charge is 0.496 e. The summed E-state index contributed by atoms with van der Waals surface area (Å²) < 4.78 is 5.31. The molecular weight excluding hydrogens is 419 g/mol. The van der Waals surface area contributed by atoms with Gasteiger partial charge in [0.1, 0.15) is 11.3 Å². The molecule has 1 N–H and O–H groups in total. The van der Waals surface area contributed by atoms with E-state index >= 15 is 0 Å². The molecule has 1 saturated heterocycles. The van der Waals surface area contributed by atoms with Crippen LogP contribution in [0, 0.1) is 13.8 Å². The number of nitrogens with one attached hydrogen (secondary N) is 1. The van der Waals surface area contributed by atoms with Crippen molar-refractivity contribution in [3.05, 3.63) is 62.6 Å². The fourth-order valence-electron chi connectivity index (χ4n) is 2.90. The molecule has 0 saturated carbocycles. The van der Waals surface area contributed by atoms with Crippen molar-refractivity contribution < 1.29 is 14.3 Å². The molecule has 28 heavy (non-hydrogen) atoms. The number of hydrogen-bond donors (Lipinski definition) is 1. The number of hydrogen-bond acceptors (Lipinski definition) is 4. The lowest BCUT2D eigenvalue weighted by Gasteiger charge is -2.29. The first-order valence-electron chi connectivity index (χ1n) is 8.24. The van der Waals surface area contributed by atoms with Crippen LogP contribution in [0.5, 0.6) is 5.75 Å². The number of halogens is 2. The van der Waals surface area contributed by atoms with Crippen molar-refractivity contribution in [2.45, 2.75) is 13.8 Å². The lowest BCUT2D eigenvalue weighted by molar-refractivity contribution is -0.122. The fraction of sp³-hybridized carbons (Fsp3) is 0.150. The Kier molecular flexibility index (Phi) is 5.74. The Morgan fingerprint density at radius 3 is 2.29 bits per heavy atom. The van der Waals surface area contributed by atoms with Gasteiger partial charge in [-0.15, -0.1) is 0 Å². The molecule has 0 atom stereocenters. The number of aryl methyl sites for hydroxylation is 2. The Balaban J connectivity index is 2.08. The van der Waals surface area contributed by atoms with Gasteiger partial charge in [0.2, 0.25) is 0 Å². The molecule has 2 amide bonds. The van der Waals surface area contributed by atoms with Gasteiger partial charge >= 0.3 is 0 Å². The maximum absolute atomic E-state index is 13.1. The number of benzene rings is 2. The van der Waals surface area contributed by atoms with E-state index in [1.807, 2.05) is 26.0 Å². The number of thiocarbonyl (C=S) groups is 1. The highest BCUT2D eigenvalue weighted by Gasteiger charge is 2.34. The maximum atomic E-state index is 13.1. The first kappa shape index (κ1) is 20.3. The van der Waals surface area contributed by atoms with Crippen molar-refractivity contribution in [3.63, 3.8) is 0 Å². The van der Waals surface area contributed by atoms with E-state index in [9.17, 15) is 9.59 Å². The van der Waals surface area contributed by atoms with Gasteiger partial charge in [-0.2, -0.15) is 0 Å². The SMILES string of the molecule is COc1cc(C)c(/C=C2\C(=O)NC(=S)N(c3cc(Cl)cc(Cl)c3)C2=O)cc1C. The molecule has 0 unspecified atom stereocenters. The van der Waals surface area contributed by atoms with Gasteiger partial charge in [0, 0.05) is 10.0 Å². The molecule has 5 nitrogen and oxygen atoms in total. The predicted octanol–water partition coefficient (Wildman–Crippen LogP) is 4.45. The summed E-state index contributed by atoms with van der Waals surface area (Å²) in [5.74, 6) is -0.386. The van der Waals surface area contributed by atoms with E-state index in [2.05, 4.69) is 5.32 Å². The number of carbonyl (C=O) groups excluding carboxylic acids is 2. The summed E-state index contributed by atoms with van der Waals surface area (Å²) in [6, 6.07) is 8.36. The molecule has 0 bridgehead atoms. The smallest absolute Gasteiger partial charge is 0.270 e. The lowest BCUT2D eigenvalue weighted by atomic mass is 10.0. The Morgan fingerprint density at radius 2 is 1.68 bits per heavy atom. The summed E-state index contributed by atoms with van der Waals surface area (Å²) in [7, 11) is 1.59. The van der Waals surface area contributed by atoms with Gasteiger partial charge in [0.15, 0.2) is 5.11 Å². The number of rotatable bonds is 3. The molecule has 1 aliphatic heterocycles. The molecule has 0 radical (unpaired) electrons. The number of methoxy groups -OCH3 is 1. The Bertz CT molecular complexity index is 1030. The van der Waals surface area contributed by atoms with E-state index in [1.54, 1.807) is 31.4 Å². The van der Waals surface area contributed by atoms with Crippen LogP contribution in [0.25, 0.3) is 6.08 Å². The first-order valence-corrected chi connectivity index (χ1v) is 9.40. The molecule has 1 heterocycles. The van der Waals surface area contributed by atoms with Gasteiger partial charge < -0.3 is 4.74 Å². The average molecular weight is 435 g/mol. The third-order valence-corrected chi connectivity index (χ3v) is 5.01. The zero-order chi connectivity index (χ0) is 20.6. The highest BCUT2D eigenvalue weighted by atomic mass is 35.5. The first-order chi connectivity index (χ1) is 13.2. The Morgan fingerprint density at radius 1 is 1.04 bits per heavy atom. The highest BCUT2D eigenvalue weighted by molar-refractivity contribution is 7.80. The summed E-state index contributed by atoms with van der Waals surface area (Å²) in [5, 5.41) is 3.21. The molecule has 1 aliphatic rings. The van der Waals surface area contributed by atoms with Crippen LogP contribution in [-0.4, -0.2) is 24.0 Å². The second-order valence-electron chi connectivity index (χ2n) is 6.26. The summed E-state index contributed by atoms with van der Waals surface area (Å²) in [6.45, 7) is 3.76. The summed E-state index contributed by atoms with van der Waals surface area (Å²) in [6.07, 6.45) is 1.54. The zero-order valence-electron chi connectivity index (χ0n) is 15.3. The molecule has 0 spiro atoms. The van der Waals surface area contributed by atoms with Crippen molar-refractivity contribution >= 4 is 64.1 Å². The van der Waals surface area contributed by atoms with E-state index in [4.69, 9.17) is 40.2 Å². The van der Waals surface area contributed by atoms with E-state index < -0.39 is 11.8 Å². The summed E-state index contributed by atoms with van der Waals surface area (Å²) in [5.41, 5.74) is 2.81. The fourth-order valence-corrected chi connectivity index (χ4v) is 3.70. The molecule has 1 fully saturated rings. The van der Waals surface area contributed by atoms with Crippen molar-refractivity contribution in [3.8, 4) is 5.75 Å². The van der Waals surface area contributed by atoms with Crippen molar-refractivity contribution in [1.29, 1.82) is 0 Å². The zero-order valence-corrected chi connectivity index (χ0v) is 17.6. The minimum Gasteiger partial charge on any atom is -0.496 e.